The van der Waals surface area contributed by atoms with Gasteiger partial charge in [-0.15, -0.1) is 0 Å². The fourth-order valence-corrected chi connectivity index (χ4v) is 2.87. The van der Waals surface area contributed by atoms with Crippen LogP contribution in [0, 0.1) is 13.8 Å². The first-order valence-electron chi connectivity index (χ1n) is 7.84. The third-order valence-corrected chi connectivity index (χ3v) is 4.12. The minimum absolute atomic E-state index is 0.0903. The molecule has 25 heavy (non-hydrogen) atoms. The van der Waals surface area contributed by atoms with Crippen LogP contribution in [0.5, 0.6) is 0 Å². The topological polar surface area (TPSA) is 96.3 Å². The number of benzene rings is 1. The molecule has 2 aromatic heterocycles. The number of H-pyrrole nitrogens is 1. The largest absolute Gasteiger partial charge is 0.325 e. The van der Waals surface area contributed by atoms with Gasteiger partial charge in [-0.3, -0.25) is 19.5 Å². The van der Waals surface area contributed by atoms with Crippen molar-refractivity contribution in [1.82, 2.24) is 14.6 Å². The third-order valence-electron chi connectivity index (χ3n) is 4.12. The number of hydrogen-bond acceptors (Lipinski definition) is 4. The molecule has 0 aliphatic carbocycles. The first-order chi connectivity index (χ1) is 11.9. The fraction of sp³-hybridized carbons (Fsp3) is 0.222. The van der Waals surface area contributed by atoms with E-state index in [4.69, 9.17) is 0 Å². The normalized spacial score (nSPS) is 10.8. The Balaban J connectivity index is 1.90. The van der Waals surface area contributed by atoms with Crippen molar-refractivity contribution in [2.24, 2.45) is 0 Å². The SMILES string of the molecule is CC(=O)c1ccccc1NC(=O)Cc1c(C)nc2cc(=O)[nH]n2c1C. The van der Waals surface area contributed by atoms with Gasteiger partial charge in [-0.05, 0) is 32.9 Å². The van der Waals surface area contributed by atoms with Crippen molar-refractivity contribution in [2.75, 3.05) is 5.32 Å². The summed E-state index contributed by atoms with van der Waals surface area (Å²) in [5.41, 5.74) is 3.40. The number of para-hydroxylation sites is 1. The molecule has 0 saturated carbocycles. The van der Waals surface area contributed by atoms with Crippen LogP contribution in [0.4, 0.5) is 5.69 Å². The average molecular weight is 338 g/mol. The van der Waals surface area contributed by atoms with E-state index in [2.05, 4.69) is 15.4 Å². The van der Waals surface area contributed by atoms with E-state index in [1.165, 1.54) is 13.0 Å². The number of hydrogen-bond donors (Lipinski definition) is 2. The van der Waals surface area contributed by atoms with E-state index in [9.17, 15) is 14.4 Å². The molecule has 7 nitrogen and oxygen atoms in total. The molecule has 0 atom stereocenters. The van der Waals surface area contributed by atoms with Gasteiger partial charge in [0.1, 0.15) is 0 Å². The maximum absolute atomic E-state index is 12.5. The van der Waals surface area contributed by atoms with E-state index in [1.807, 2.05) is 6.92 Å². The zero-order valence-electron chi connectivity index (χ0n) is 14.2. The van der Waals surface area contributed by atoms with Crippen LogP contribution in [0.3, 0.4) is 0 Å². The second kappa shape index (κ2) is 6.35. The van der Waals surface area contributed by atoms with Gasteiger partial charge >= 0.3 is 0 Å². The highest BCUT2D eigenvalue weighted by Gasteiger charge is 2.15. The van der Waals surface area contributed by atoms with Crippen LogP contribution in [0.15, 0.2) is 35.1 Å². The lowest BCUT2D eigenvalue weighted by Crippen LogP contribution is -2.19. The van der Waals surface area contributed by atoms with Crippen LogP contribution in [-0.2, 0) is 11.2 Å². The molecule has 128 valence electrons. The number of carbonyl (C=O) groups is 2. The number of aromatic nitrogens is 3. The van der Waals surface area contributed by atoms with Crippen LogP contribution >= 0.6 is 0 Å². The summed E-state index contributed by atoms with van der Waals surface area (Å²) in [5.74, 6) is -0.369. The Morgan fingerprint density at radius 3 is 2.68 bits per heavy atom. The molecule has 0 aliphatic heterocycles. The number of nitrogens with zero attached hydrogens (tertiary/aromatic N) is 2. The van der Waals surface area contributed by atoms with E-state index in [-0.39, 0.29) is 23.7 Å². The molecule has 2 N–H and O–H groups in total. The summed E-state index contributed by atoms with van der Waals surface area (Å²) in [7, 11) is 0. The number of Topliss-reactive ketones (excluding diaryl/α,β-unsaturated/α-hetero) is 1. The number of rotatable bonds is 4. The molecule has 3 rings (SSSR count). The van der Waals surface area contributed by atoms with Crippen LogP contribution in [-0.4, -0.2) is 26.3 Å². The molecule has 0 bridgehead atoms. The number of aromatic amines is 1. The van der Waals surface area contributed by atoms with Gasteiger partial charge in [0.15, 0.2) is 11.4 Å². The van der Waals surface area contributed by atoms with Gasteiger partial charge in [0.05, 0.1) is 12.1 Å². The summed E-state index contributed by atoms with van der Waals surface area (Å²) < 4.78 is 1.57. The van der Waals surface area contributed by atoms with Crippen LogP contribution in [0.25, 0.3) is 5.65 Å². The second-order valence-electron chi connectivity index (χ2n) is 5.90. The first kappa shape index (κ1) is 16.6. The number of aryl methyl sites for hydroxylation is 2. The Morgan fingerprint density at radius 1 is 1.24 bits per heavy atom. The lowest BCUT2D eigenvalue weighted by molar-refractivity contribution is -0.115. The second-order valence-corrected chi connectivity index (χ2v) is 5.90. The molecule has 0 radical (unpaired) electrons. The number of carbonyl (C=O) groups excluding carboxylic acids is 2. The number of anilines is 1. The Hall–Kier alpha value is -3.22. The van der Waals surface area contributed by atoms with Gasteiger partial charge in [0, 0.05) is 28.6 Å². The predicted octanol–water partition coefficient (Wildman–Crippen LogP) is 2.02. The molecular formula is C18H18N4O3. The van der Waals surface area contributed by atoms with E-state index >= 15 is 0 Å². The van der Waals surface area contributed by atoms with E-state index in [0.29, 0.717) is 22.6 Å². The molecule has 0 aliphatic rings. The minimum atomic E-state index is -0.254. The quantitative estimate of drug-likeness (QED) is 0.711. The lowest BCUT2D eigenvalue weighted by atomic mass is 10.1. The number of ketones is 1. The van der Waals surface area contributed by atoms with Crippen molar-refractivity contribution in [2.45, 2.75) is 27.2 Å². The molecule has 7 heteroatoms. The van der Waals surface area contributed by atoms with E-state index in [1.54, 1.807) is 35.7 Å². The molecule has 0 spiro atoms. The summed E-state index contributed by atoms with van der Waals surface area (Å²) in [6.07, 6.45) is 0.0903. The van der Waals surface area contributed by atoms with Gasteiger partial charge < -0.3 is 5.32 Å². The predicted molar refractivity (Wildman–Crippen MR) is 94.1 cm³/mol. The molecule has 0 unspecified atom stereocenters. The fourth-order valence-electron chi connectivity index (χ4n) is 2.87. The van der Waals surface area contributed by atoms with Gasteiger partial charge in [0.25, 0.3) is 5.56 Å². The average Bonchev–Trinajstić information content (AvgIpc) is 2.92. The standard InChI is InChI=1S/C18H18N4O3/c1-10-14(11(2)22-16(19-10)9-18(25)21-22)8-17(24)20-15-7-5-4-6-13(15)12(3)23/h4-7,9H,8H2,1-3H3,(H,20,24)(H,21,25). The molecule has 1 aromatic carbocycles. The van der Waals surface area contributed by atoms with Crippen molar-refractivity contribution < 1.29 is 9.59 Å². The van der Waals surface area contributed by atoms with Crippen LogP contribution in [0.2, 0.25) is 0 Å². The molecular weight excluding hydrogens is 320 g/mol. The third kappa shape index (κ3) is 3.21. The van der Waals surface area contributed by atoms with Crippen molar-refractivity contribution >= 4 is 23.0 Å². The number of amides is 1. The zero-order valence-corrected chi connectivity index (χ0v) is 14.2. The van der Waals surface area contributed by atoms with Crippen molar-refractivity contribution in [1.29, 1.82) is 0 Å². The van der Waals surface area contributed by atoms with Gasteiger partial charge in [-0.1, -0.05) is 12.1 Å². The summed E-state index contributed by atoms with van der Waals surface area (Å²) >= 11 is 0. The Labute approximate surface area is 143 Å². The summed E-state index contributed by atoms with van der Waals surface area (Å²) in [5, 5.41) is 5.44. The van der Waals surface area contributed by atoms with E-state index in [0.717, 1.165) is 11.3 Å². The van der Waals surface area contributed by atoms with Crippen LogP contribution < -0.4 is 10.9 Å². The monoisotopic (exact) mass is 338 g/mol. The van der Waals surface area contributed by atoms with Crippen LogP contribution in [0.1, 0.15) is 34.2 Å². The molecule has 3 aromatic rings. The Bertz CT molecular complexity index is 1050. The molecule has 2 heterocycles. The van der Waals surface area contributed by atoms with Gasteiger partial charge in [0.2, 0.25) is 5.91 Å². The van der Waals surface area contributed by atoms with Gasteiger partial charge in [-0.2, -0.15) is 0 Å². The molecule has 0 saturated heterocycles. The smallest absolute Gasteiger partial charge is 0.266 e. The maximum Gasteiger partial charge on any atom is 0.266 e. The highest BCUT2D eigenvalue weighted by molar-refractivity contribution is 6.04. The zero-order chi connectivity index (χ0) is 18.1. The summed E-state index contributed by atoms with van der Waals surface area (Å²) in [6, 6.07) is 8.29. The minimum Gasteiger partial charge on any atom is -0.325 e. The van der Waals surface area contributed by atoms with Crippen molar-refractivity contribution in [3.63, 3.8) is 0 Å². The lowest BCUT2D eigenvalue weighted by Gasteiger charge is -2.13. The highest BCUT2D eigenvalue weighted by Crippen LogP contribution is 2.18. The number of fused-ring (bicyclic) bond motifs is 1. The summed E-state index contributed by atoms with van der Waals surface area (Å²) in [6.45, 7) is 5.08. The number of nitrogens with one attached hydrogen (secondary N) is 2. The van der Waals surface area contributed by atoms with E-state index < -0.39 is 0 Å². The summed E-state index contributed by atoms with van der Waals surface area (Å²) in [4.78, 5) is 40.0. The van der Waals surface area contributed by atoms with Gasteiger partial charge in [-0.25, -0.2) is 9.50 Å². The first-order valence-corrected chi connectivity index (χ1v) is 7.84. The highest BCUT2D eigenvalue weighted by atomic mass is 16.2. The van der Waals surface area contributed by atoms with Crippen molar-refractivity contribution in [3.8, 4) is 0 Å². The molecule has 0 fully saturated rings. The molecule has 1 amide bonds. The Morgan fingerprint density at radius 2 is 1.96 bits per heavy atom. The Kier molecular flexibility index (Phi) is 4.22. The maximum atomic E-state index is 12.5. The van der Waals surface area contributed by atoms with Crippen molar-refractivity contribution in [3.05, 3.63) is 63.2 Å².